The average Bonchev–Trinajstić information content (AvgIpc) is 2.92. The van der Waals surface area contributed by atoms with Crippen LogP contribution >= 0.6 is 11.8 Å². The minimum absolute atomic E-state index is 0.283. The number of nitro groups is 1. The molecule has 0 bridgehead atoms. The Hall–Kier alpha value is -2.11. The van der Waals surface area contributed by atoms with E-state index in [1.807, 2.05) is 31.1 Å². The molecule has 1 aromatic heterocycles. The van der Waals surface area contributed by atoms with Gasteiger partial charge < -0.3 is 20.0 Å². The molecule has 0 aliphatic heterocycles. The summed E-state index contributed by atoms with van der Waals surface area (Å²) in [5, 5.41) is 16.5. The maximum absolute atomic E-state index is 10.6. The zero-order chi connectivity index (χ0) is 17.9. The summed E-state index contributed by atoms with van der Waals surface area (Å²) in [6.45, 7) is 3.12. The lowest BCUT2D eigenvalue weighted by atomic mass is 10.3. The van der Waals surface area contributed by atoms with Crippen molar-refractivity contribution in [3.05, 3.63) is 45.8 Å². The second-order valence-corrected chi connectivity index (χ2v) is 6.55. The first kappa shape index (κ1) is 19.9. The first-order valence-corrected chi connectivity index (χ1v) is 8.68. The topological polar surface area (TPSA) is 83.6 Å². The number of terminal acetylenes is 1. The van der Waals surface area contributed by atoms with Crippen LogP contribution < -0.4 is 10.6 Å². The molecule has 1 rings (SSSR count). The normalized spacial score (nSPS) is 12.7. The largest absolute Gasteiger partial charge is 0.464 e. The molecular weight excluding hydrogens is 328 g/mol. The molecule has 0 aliphatic rings. The third-order valence-electron chi connectivity index (χ3n) is 2.85. The second kappa shape index (κ2) is 10.6. The monoisotopic (exact) mass is 352 g/mol. The van der Waals surface area contributed by atoms with E-state index < -0.39 is 4.92 Å². The maximum atomic E-state index is 10.6. The Balaban J connectivity index is 2.32. The van der Waals surface area contributed by atoms with Crippen molar-refractivity contribution in [3.63, 3.8) is 0 Å². The van der Waals surface area contributed by atoms with E-state index in [1.165, 1.54) is 0 Å². The minimum Gasteiger partial charge on any atom is -0.464 e. The quantitative estimate of drug-likeness (QED) is 0.272. The van der Waals surface area contributed by atoms with Gasteiger partial charge in [-0.05, 0) is 33.2 Å². The zero-order valence-corrected chi connectivity index (χ0v) is 15.1. The third-order valence-corrected chi connectivity index (χ3v) is 3.83. The Bertz CT molecular complexity index is 592. The lowest BCUT2D eigenvalue weighted by Gasteiger charge is -2.13. The lowest BCUT2D eigenvalue weighted by Crippen LogP contribution is -2.34. The van der Waals surface area contributed by atoms with Crippen molar-refractivity contribution in [2.75, 3.05) is 26.4 Å². The summed E-state index contributed by atoms with van der Waals surface area (Å²) in [5.41, 5.74) is 0. The molecule has 0 amide bonds. The van der Waals surface area contributed by atoms with Gasteiger partial charge in [0.25, 0.3) is 6.20 Å². The number of thioether (sulfide) groups is 1. The number of rotatable bonds is 11. The van der Waals surface area contributed by atoms with E-state index in [-0.39, 0.29) is 6.04 Å². The SMILES string of the molecule is C#CC(C)NC(=C[N+](=O)[O-])NCCSCc1ccc(CN(C)C)o1. The van der Waals surface area contributed by atoms with E-state index in [0.29, 0.717) is 12.4 Å². The first-order valence-electron chi connectivity index (χ1n) is 7.52. The van der Waals surface area contributed by atoms with Crippen LogP contribution in [0.15, 0.2) is 28.6 Å². The molecule has 0 saturated carbocycles. The van der Waals surface area contributed by atoms with Gasteiger partial charge in [0, 0.05) is 12.3 Å². The molecule has 1 aromatic rings. The fourth-order valence-corrected chi connectivity index (χ4v) is 2.59. The van der Waals surface area contributed by atoms with E-state index in [9.17, 15) is 10.1 Å². The molecule has 8 heteroatoms. The van der Waals surface area contributed by atoms with Crippen molar-refractivity contribution in [2.45, 2.75) is 25.3 Å². The first-order chi connectivity index (χ1) is 11.4. The number of furan rings is 1. The van der Waals surface area contributed by atoms with E-state index in [2.05, 4.69) is 16.6 Å². The van der Waals surface area contributed by atoms with Gasteiger partial charge in [-0.2, -0.15) is 11.8 Å². The van der Waals surface area contributed by atoms with Crippen LogP contribution in [0.3, 0.4) is 0 Å². The van der Waals surface area contributed by atoms with Crippen molar-refractivity contribution in [1.29, 1.82) is 0 Å². The zero-order valence-electron chi connectivity index (χ0n) is 14.2. The van der Waals surface area contributed by atoms with Gasteiger partial charge in [-0.25, -0.2) is 0 Å². The average molecular weight is 352 g/mol. The molecule has 7 nitrogen and oxygen atoms in total. The van der Waals surface area contributed by atoms with Crippen LogP contribution in [0.4, 0.5) is 0 Å². The summed E-state index contributed by atoms with van der Waals surface area (Å²) in [4.78, 5) is 12.1. The van der Waals surface area contributed by atoms with Crippen LogP contribution in [0.5, 0.6) is 0 Å². The van der Waals surface area contributed by atoms with Crippen molar-refractivity contribution in [1.82, 2.24) is 15.5 Å². The highest BCUT2D eigenvalue weighted by molar-refractivity contribution is 7.98. The molecular formula is C16H24N4O3S. The summed E-state index contributed by atoms with van der Waals surface area (Å²) in [6.07, 6.45) is 6.16. The van der Waals surface area contributed by atoms with E-state index in [0.717, 1.165) is 35.8 Å². The molecule has 1 unspecified atom stereocenters. The highest BCUT2D eigenvalue weighted by Gasteiger charge is 2.06. The van der Waals surface area contributed by atoms with Crippen molar-refractivity contribution in [3.8, 4) is 12.3 Å². The number of hydrogen-bond acceptors (Lipinski definition) is 7. The predicted molar refractivity (Wildman–Crippen MR) is 96.8 cm³/mol. The fourth-order valence-electron chi connectivity index (χ4n) is 1.84. The van der Waals surface area contributed by atoms with Crippen molar-refractivity contribution in [2.24, 2.45) is 0 Å². The van der Waals surface area contributed by atoms with Crippen molar-refractivity contribution >= 4 is 11.8 Å². The van der Waals surface area contributed by atoms with Crippen molar-refractivity contribution < 1.29 is 9.34 Å². The van der Waals surface area contributed by atoms with Gasteiger partial charge in [-0.1, -0.05) is 5.92 Å². The number of hydrogen-bond donors (Lipinski definition) is 2. The van der Waals surface area contributed by atoms with Gasteiger partial charge in [0.2, 0.25) is 0 Å². The van der Waals surface area contributed by atoms with Crippen LogP contribution in [-0.4, -0.2) is 42.3 Å². The van der Waals surface area contributed by atoms with Gasteiger partial charge >= 0.3 is 0 Å². The molecule has 0 fully saturated rings. The maximum Gasteiger partial charge on any atom is 0.274 e. The molecule has 0 aliphatic carbocycles. The molecule has 0 aromatic carbocycles. The fraction of sp³-hybridized carbons (Fsp3) is 0.500. The molecule has 24 heavy (non-hydrogen) atoms. The van der Waals surface area contributed by atoms with Gasteiger partial charge in [0.15, 0.2) is 5.82 Å². The molecule has 0 saturated heterocycles. The minimum atomic E-state index is -0.513. The molecule has 0 spiro atoms. The van der Waals surface area contributed by atoms with Gasteiger partial charge in [-0.15, -0.1) is 6.42 Å². The van der Waals surface area contributed by atoms with Crippen LogP contribution in [0, 0.1) is 22.5 Å². The lowest BCUT2D eigenvalue weighted by molar-refractivity contribution is -0.404. The molecule has 132 valence electrons. The highest BCUT2D eigenvalue weighted by atomic mass is 32.2. The number of nitrogens with zero attached hydrogens (tertiary/aromatic N) is 2. The van der Waals surface area contributed by atoms with Gasteiger partial charge in [0.1, 0.15) is 11.5 Å². The summed E-state index contributed by atoms with van der Waals surface area (Å²) < 4.78 is 5.72. The van der Waals surface area contributed by atoms with E-state index >= 15 is 0 Å². The Morgan fingerprint density at radius 1 is 1.54 bits per heavy atom. The Morgan fingerprint density at radius 3 is 2.88 bits per heavy atom. The van der Waals surface area contributed by atoms with E-state index in [1.54, 1.807) is 18.7 Å². The molecule has 1 atom stereocenters. The van der Waals surface area contributed by atoms with Crippen LogP contribution in [0.25, 0.3) is 0 Å². The predicted octanol–water partition coefficient (Wildman–Crippen LogP) is 1.85. The molecule has 1 heterocycles. The van der Waals surface area contributed by atoms with Crippen LogP contribution in [-0.2, 0) is 12.3 Å². The molecule has 2 N–H and O–H groups in total. The summed E-state index contributed by atoms with van der Waals surface area (Å²) in [5.74, 6) is 6.20. The summed E-state index contributed by atoms with van der Waals surface area (Å²) in [7, 11) is 3.99. The molecule has 0 radical (unpaired) electrons. The third kappa shape index (κ3) is 8.50. The Morgan fingerprint density at radius 2 is 2.25 bits per heavy atom. The summed E-state index contributed by atoms with van der Waals surface area (Å²) in [6, 6.07) is 3.68. The second-order valence-electron chi connectivity index (χ2n) is 5.45. The standard InChI is InChI=1S/C16H24N4O3S/c1-5-13(2)18-16(11-20(21)22)17-8-9-24-12-15-7-6-14(23-15)10-19(3)4/h1,6-7,11,13,17-18H,8-10,12H2,2-4H3. The smallest absolute Gasteiger partial charge is 0.274 e. The summed E-state index contributed by atoms with van der Waals surface area (Å²) >= 11 is 1.69. The van der Waals surface area contributed by atoms with Crippen LogP contribution in [0.2, 0.25) is 0 Å². The Labute approximate surface area is 147 Å². The van der Waals surface area contributed by atoms with E-state index in [4.69, 9.17) is 10.8 Å². The Kier molecular flexibility index (Phi) is 8.83. The number of nitrogens with one attached hydrogen (secondary N) is 2. The van der Waals surface area contributed by atoms with Crippen LogP contribution in [0.1, 0.15) is 18.4 Å². The van der Waals surface area contributed by atoms with Gasteiger partial charge in [0.05, 0.1) is 23.3 Å². The van der Waals surface area contributed by atoms with Gasteiger partial charge in [-0.3, -0.25) is 10.1 Å². The highest BCUT2D eigenvalue weighted by Crippen LogP contribution is 2.15.